The molecule has 4 nitrogen and oxygen atoms in total. The molecule has 0 radical (unpaired) electrons. The van der Waals surface area contributed by atoms with Crippen molar-refractivity contribution in [1.29, 1.82) is 0 Å². The minimum atomic E-state index is -0.668. The Hall–Kier alpha value is -1.32. The number of esters is 1. The molecule has 0 aromatic rings. The molecule has 0 bridgehead atoms. The van der Waals surface area contributed by atoms with Crippen molar-refractivity contribution in [3.63, 3.8) is 0 Å². The van der Waals surface area contributed by atoms with E-state index in [-0.39, 0.29) is 12.1 Å². The molecule has 0 amide bonds. The monoisotopic (exact) mass is 550 g/mol. The van der Waals surface area contributed by atoms with Crippen LogP contribution in [0.5, 0.6) is 0 Å². The van der Waals surface area contributed by atoms with Crippen LogP contribution in [0.25, 0.3) is 0 Å². The van der Waals surface area contributed by atoms with Crippen LogP contribution in [-0.4, -0.2) is 23.1 Å². The van der Waals surface area contributed by atoms with Crippen LogP contribution in [0.2, 0.25) is 0 Å². The molecule has 0 spiro atoms. The topological polar surface area (TPSA) is 63.6 Å². The number of ether oxygens (including phenoxy) is 1. The van der Waals surface area contributed by atoms with E-state index >= 15 is 0 Å². The van der Waals surface area contributed by atoms with Gasteiger partial charge in [-0.25, -0.2) is 0 Å². The van der Waals surface area contributed by atoms with Crippen LogP contribution >= 0.6 is 0 Å². The fraction of sp³-hybridized carbons (Fsp3) is 0.886. The third-order valence-corrected chi connectivity index (χ3v) is 7.72. The molecule has 1 N–H and O–H groups in total. The average molecular weight is 551 g/mol. The third-order valence-electron chi connectivity index (χ3n) is 7.72. The first-order valence-corrected chi connectivity index (χ1v) is 17.2. The zero-order valence-corrected chi connectivity index (χ0v) is 26.2. The van der Waals surface area contributed by atoms with E-state index in [1.165, 1.54) is 122 Å². The van der Waals surface area contributed by atoms with Gasteiger partial charge < -0.3 is 9.84 Å². The number of carbonyl (C=O) groups excluding carboxylic acids is 1. The highest BCUT2D eigenvalue weighted by atomic mass is 16.5. The summed E-state index contributed by atoms with van der Waals surface area (Å²) in [6, 6.07) is 0. The largest absolute Gasteiger partial charge is 0.481 e. The van der Waals surface area contributed by atoms with Gasteiger partial charge in [-0.15, -0.1) is 0 Å². The molecule has 0 saturated carbocycles. The predicted molar refractivity (Wildman–Crippen MR) is 167 cm³/mol. The van der Waals surface area contributed by atoms with E-state index in [2.05, 4.69) is 26.0 Å². The number of rotatable bonds is 31. The summed E-state index contributed by atoms with van der Waals surface area (Å²) in [7, 11) is 0. The number of carboxylic acids is 1. The summed E-state index contributed by atoms with van der Waals surface area (Å²) in [5.41, 5.74) is 0. The number of aliphatic carboxylic acids is 1. The molecule has 0 aromatic heterocycles. The van der Waals surface area contributed by atoms with Gasteiger partial charge in [-0.05, 0) is 51.4 Å². The van der Waals surface area contributed by atoms with Crippen molar-refractivity contribution in [1.82, 2.24) is 0 Å². The van der Waals surface area contributed by atoms with E-state index in [0.29, 0.717) is 12.8 Å². The van der Waals surface area contributed by atoms with Gasteiger partial charge in [0.15, 0.2) is 0 Å². The Labute approximate surface area is 243 Å². The van der Waals surface area contributed by atoms with Gasteiger partial charge in [0.2, 0.25) is 0 Å². The van der Waals surface area contributed by atoms with Crippen LogP contribution in [0.3, 0.4) is 0 Å². The lowest BCUT2D eigenvalue weighted by molar-refractivity contribution is -0.150. The number of carboxylic acid groups (broad SMARTS) is 1. The second kappa shape index (κ2) is 31.2. The van der Waals surface area contributed by atoms with E-state index in [9.17, 15) is 9.59 Å². The second-order valence-corrected chi connectivity index (χ2v) is 11.7. The van der Waals surface area contributed by atoms with Crippen molar-refractivity contribution in [2.75, 3.05) is 0 Å². The van der Waals surface area contributed by atoms with Crippen LogP contribution in [0.15, 0.2) is 12.2 Å². The Kier molecular flexibility index (Phi) is 30.2. The van der Waals surface area contributed by atoms with Gasteiger partial charge in [0.1, 0.15) is 6.10 Å². The molecule has 230 valence electrons. The number of allylic oxidation sites excluding steroid dienone is 2. The van der Waals surface area contributed by atoms with Gasteiger partial charge >= 0.3 is 11.9 Å². The first-order chi connectivity index (χ1) is 19.1. The predicted octanol–water partition coefficient (Wildman–Crippen LogP) is 11.5. The van der Waals surface area contributed by atoms with E-state index in [4.69, 9.17) is 9.84 Å². The third kappa shape index (κ3) is 31.1. The molecule has 0 fully saturated rings. The normalized spacial score (nSPS) is 12.3. The van der Waals surface area contributed by atoms with Crippen LogP contribution in [-0.2, 0) is 14.3 Å². The van der Waals surface area contributed by atoms with Gasteiger partial charge in [-0.3, -0.25) is 9.59 Å². The molecule has 39 heavy (non-hydrogen) atoms. The highest BCUT2D eigenvalue weighted by molar-refractivity contribution is 5.69. The summed E-state index contributed by atoms with van der Waals surface area (Å²) in [6.07, 6.45) is 37.1. The Bertz CT molecular complexity index is 557. The van der Waals surface area contributed by atoms with Gasteiger partial charge in [0.25, 0.3) is 0 Å². The minimum absolute atomic E-state index is 0.0194. The van der Waals surface area contributed by atoms with Crippen LogP contribution < -0.4 is 0 Å². The standard InChI is InChI=1S/C35H66O4/c1-3-5-6-7-8-9-10-16-19-22-25-28-32-35(38)39-33(29-4-2)30-26-23-20-17-14-12-11-13-15-18-21-24-27-31-34(36)37/h7-8,33H,3-6,9-32H2,1-2H3,(H,36,37)/b8-7-. The minimum Gasteiger partial charge on any atom is -0.481 e. The van der Waals surface area contributed by atoms with Gasteiger partial charge in [-0.2, -0.15) is 0 Å². The van der Waals surface area contributed by atoms with Crippen LogP contribution in [0, 0.1) is 0 Å². The van der Waals surface area contributed by atoms with Crippen LogP contribution in [0.4, 0.5) is 0 Å². The lowest BCUT2D eigenvalue weighted by Gasteiger charge is -2.17. The van der Waals surface area contributed by atoms with E-state index in [1.54, 1.807) is 0 Å². The fourth-order valence-electron chi connectivity index (χ4n) is 5.22. The zero-order valence-electron chi connectivity index (χ0n) is 26.2. The average Bonchev–Trinajstić information content (AvgIpc) is 2.91. The summed E-state index contributed by atoms with van der Waals surface area (Å²) < 4.78 is 5.84. The second-order valence-electron chi connectivity index (χ2n) is 11.7. The molecular weight excluding hydrogens is 484 g/mol. The maximum absolute atomic E-state index is 12.3. The first kappa shape index (κ1) is 37.7. The number of hydrogen-bond acceptors (Lipinski definition) is 3. The van der Waals surface area contributed by atoms with E-state index < -0.39 is 5.97 Å². The lowest BCUT2D eigenvalue weighted by atomic mass is 10.0. The highest BCUT2D eigenvalue weighted by Gasteiger charge is 2.13. The molecule has 0 aliphatic carbocycles. The summed E-state index contributed by atoms with van der Waals surface area (Å²) in [6.45, 7) is 4.42. The molecular formula is C35H66O4. The Morgan fingerprint density at radius 2 is 0.974 bits per heavy atom. The summed E-state index contributed by atoms with van der Waals surface area (Å²) >= 11 is 0. The smallest absolute Gasteiger partial charge is 0.306 e. The number of hydrogen-bond donors (Lipinski definition) is 1. The fourth-order valence-corrected chi connectivity index (χ4v) is 5.22. The highest BCUT2D eigenvalue weighted by Crippen LogP contribution is 2.17. The first-order valence-electron chi connectivity index (χ1n) is 17.2. The lowest BCUT2D eigenvalue weighted by Crippen LogP contribution is -2.18. The molecule has 0 saturated heterocycles. The van der Waals surface area contributed by atoms with Crippen molar-refractivity contribution in [3.8, 4) is 0 Å². The van der Waals surface area contributed by atoms with E-state index in [0.717, 1.165) is 44.9 Å². The summed E-state index contributed by atoms with van der Waals surface area (Å²) in [4.78, 5) is 22.8. The van der Waals surface area contributed by atoms with Crippen molar-refractivity contribution in [3.05, 3.63) is 12.2 Å². The molecule has 0 aromatic carbocycles. The molecule has 4 heteroatoms. The quantitative estimate of drug-likeness (QED) is 0.0529. The van der Waals surface area contributed by atoms with E-state index in [1.807, 2.05) is 0 Å². The molecule has 0 rings (SSSR count). The van der Waals surface area contributed by atoms with Crippen LogP contribution in [0.1, 0.15) is 194 Å². The number of unbranched alkanes of at least 4 members (excludes halogenated alkanes) is 20. The molecule has 1 unspecified atom stereocenters. The molecule has 1 atom stereocenters. The Balaban J connectivity index is 3.55. The van der Waals surface area contributed by atoms with Gasteiger partial charge in [0, 0.05) is 12.8 Å². The molecule has 0 heterocycles. The van der Waals surface area contributed by atoms with Gasteiger partial charge in [0.05, 0.1) is 0 Å². The molecule has 0 aliphatic rings. The number of carbonyl (C=O) groups is 2. The maximum Gasteiger partial charge on any atom is 0.306 e. The summed E-state index contributed by atoms with van der Waals surface area (Å²) in [5.74, 6) is -0.649. The maximum atomic E-state index is 12.3. The SMILES string of the molecule is CCCC/C=C\CCCCCCCCC(=O)OC(CCC)CCCCCCCCCCCCCCCC(=O)O. The van der Waals surface area contributed by atoms with Crippen molar-refractivity contribution in [2.45, 2.75) is 200 Å². The van der Waals surface area contributed by atoms with Crippen molar-refractivity contribution in [2.24, 2.45) is 0 Å². The van der Waals surface area contributed by atoms with Crippen molar-refractivity contribution >= 4 is 11.9 Å². The van der Waals surface area contributed by atoms with Crippen molar-refractivity contribution < 1.29 is 19.4 Å². The Morgan fingerprint density at radius 3 is 1.46 bits per heavy atom. The Morgan fingerprint density at radius 1 is 0.538 bits per heavy atom. The summed E-state index contributed by atoms with van der Waals surface area (Å²) in [5, 5.41) is 8.64. The van der Waals surface area contributed by atoms with Gasteiger partial charge in [-0.1, -0.05) is 142 Å². The molecule has 0 aliphatic heterocycles. The zero-order chi connectivity index (χ0) is 28.7.